The molecule has 0 amide bonds. The molecule has 6 heteroatoms. The predicted molar refractivity (Wildman–Crippen MR) is 77.6 cm³/mol. The van der Waals surface area contributed by atoms with E-state index in [0.29, 0.717) is 6.54 Å². The minimum Gasteiger partial charge on any atom is -0.374 e. The third-order valence-electron chi connectivity index (χ3n) is 3.05. The Labute approximate surface area is 115 Å². The average molecular weight is 273 g/mol. The molecule has 1 N–H and O–H groups in total. The number of hydrogen-bond donors (Lipinski definition) is 1. The lowest BCUT2D eigenvalue weighted by Gasteiger charge is -2.06. The van der Waals surface area contributed by atoms with E-state index in [1.54, 1.807) is 0 Å². The summed E-state index contributed by atoms with van der Waals surface area (Å²) in [6, 6.07) is 8.16. The van der Waals surface area contributed by atoms with E-state index in [1.165, 1.54) is 11.5 Å². The van der Waals surface area contributed by atoms with Crippen LogP contribution in [-0.4, -0.2) is 25.7 Å². The monoisotopic (exact) mass is 273 g/mol. The van der Waals surface area contributed by atoms with E-state index < -0.39 is 0 Å². The van der Waals surface area contributed by atoms with Crippen molar-refractivity contribution >= 4 is 27.6 Å². The van der Waals surface area contributed by atoms with E-state index in [4.69, 9.17) is 0 Å². The van der Waals surface area contributed by atoms with E-state index in [9.17, 15) is 0 Å². The summed E-state index contributed by atoms with van der Waals surface area (Å²) in [4.78, 5) is 4.57. The Morgan fingerprint density at radius 1 is 1.32 bits per heavy atom. The molecular weight excluding hydrogens is 258 g/mol. The molecule has 0 aliphatic carbocycles. The van der Waals surface area contributed by atoms with Crippen LogP contribution in [0.3, 0.4) is 0 Å². The summed E-state index contributed by atoms with van der Waals surface area (Å²) >= 11 is 1.40. The second kappa shape index (κ2) is 4.97. The zero-order valence-electron chi connectivity index (χ0n) is 10.9. The molecule has 0 unspecified atom stereocenters. The predicted octanol–water partition coefficient (Wildman–Crippen LogP) is 2.68. The maximum Gasteiger partial charge on any atom is 0.135 e. The molecule has 0 saturated carbocycles. The molecule has 1 aromatic carbocycles. The Hall–Kier alpha value is -1.95. The van der Waals surface area contributed by atoms with E-state index in [-0.39, 0.29) is 0 Å². The van der Waals surface area contributed by atoms with Gasteiger partial charge in [0.1, 0.15) is 16.5 Å². The Morgan fingerprint density at radius 3 is 3.00 bits per heavy atom. The molecule has 2 heterocycles. The SMILES string of the molecule is CCNc1snnc1Cn1c(C)nc2ccccc21. The molecule has 0 aliphatic rings. The number of nitrogens with one attached hydrogen (secondary N) is 1. The number of fused-ring (bicyclic) bond motifs is 1. The fraction of sp³-hybridized carbons (Fsp3) is 0.308. The first kappa shape index (κ1) is 12.1. The van der Waals surface area contributed by atoms with Crippen LogP contribution in [0.1, 0.15) is 18.4 Å². The van der Waals surface area contributed by atoms with Crippen molar-refractivity contribution in [2.24, 2.45) is 0 Å². The number of nitrogens with zero attached hydrogens (tertiary/aromatic N) is 4. The maximum absolute atomic E-state index is 4.57. The highest BCUT2D eigenvalue weighted by Gasteiger charge is 2.12. The van der Waals surface area contributed by atoms with Crippen molar-refractivity contribution in [2.45, 2.75) is 20.4 Å². The van der Waals surface area contributed by atoms with Crippen LogP contribution in [0.15, 0.2) is 24.3 Å². The Kier molecular flexibility index (Phi) is 3.16. The standard InChI is InChI=1S/C13H15N5S/c1-3-14-13-11(16-17-19-13)8-18-9(2)15-10-6-4-5-7-12(10)18/h4-7,14H,3,8H2,1-2H3. The zero-order valence-corrected chi connectivity index (χ0v) is 11.7. The van der Waals surface area contributed by atoms with Gasteiger partial charge in [0.15, 0.2) is 0 Å². The van der Waals surface area contributed by atoms with Crippen LogP contribution in [0, 0.1) is 6.92 Å². The quantitative estimate of drug-likeness (QED) is 0.794. The van der Waals surface area contributed by atoms with Crippen LogP contribution in [0.5, 0.6) is 0 Å². The van der Waals surface area contributed by atoms with Crippen LogP contribution >= 0.6 is 11.5 Å². The minimum atomic E-state index is 0.700. The molecule has 0 saturated heterocycles. The summed E-state index contributed by atoms with van der Waals surface area (Å²) in [5.74, 6) is 0.997. The minimum absolute atomic E-state index is 0.700. The molecule has 3 rings (SSSR count). The van der Waals surface area contributed by atoms with Crippen LogP contribution in [-0.2, 0) is 6.54 Å². The van der Waals surface area contributed by atoms with Crippen molar-refractivity contribution in [1.29, 1.82) is 0 Å². The van der Waals surface area contributed by atoms with E-state index in [0.717, 1.165) is 34.1 Å². The second-order valence-electron chi connectivity index (χ2n) is 4.31. The van der Waals surface area contributed by atoms with Crippen LogP contribution in [0.4, 0.5) is 5.00 Å². The van der Waals surface area contributed by atoms with Gasteiger partial charge in [-0.3, -0.25) is 0 Å². The van der Waals surface area contributed by atoms with Gasteiger partial charge in [0, 0.05) is 18.1 Å². The number of imidazole rings is 1. The van der Waals surface area contributed by atoms with Gasteiger partial charge in [-0.25, -0.2) is 4.98 Å². The van der Waals surface area contributed by atoms with Crippen molar-refractivity contribution in [1.82, 2.24) is 19.1 Å². The van der Waals surface area contributed by atoms with E-state index in [2.05, 4.69) is 37.4 Å². The molecule has 0 bridgehead atoms. The van der Waals surface area contributed by atoms with Crippen molar-refractivity contribution in [3.05, 3.63) is 35.8 Å². The number of aryl methyl sites for hydroxylation is 1. The molecule has 0 fully saturated rings. The van der Waals surface area contributed by atoms with Gasteiger partial charge in [-0.1, -0.05) is 16.6 Å². The fourth-order valence-corrected chi connectivity index (χ4v) is 2.79. The Bertz CT molecular complexity index is 700. The van der Waals surface area contributed by atoms with Crippen molar-refractivity contribution in [2.75, 3.05) is 11.9 Å². The maximum atomic E-state index is 4.57. The number of anilines is 1. The smallest absolute Gasteiger partial charge is 0.135 e. The molecule has 5 nitrogen and oxygen atoms in total. The molecule has 3 aromatic rings. The van der Waals surface area contributed by atoms with Gasteiger partial charge in [0.25, 0.3) is 0 Å². The lowest BCUT2D eigenvalue weighted by molar-refractivity contribution is 0.760. The fourth-order valence-electron chi connectivity index (χ4n) is 2.15. The van der Waals surface area contributed by atoms with Gasteiger partial charge in [-0.2, -0.15) is 0 Å². The summed E-state index contributed by atoms with van der Waals surface area (Å²) in [7, 11) is 0. The first-order valence-corrected chi connectivity index (χ1v) is 7.04. The van der Waals surface area contributed by atoms with E-state index in [1.807, 2.05) is 25.1 Å². The number of rotatable bonds is 4. The van der Waals surface area contributed by atoms with Gasteiger partial charge >= 0.3 is 0 Å². The number of aromatic nitrogens is 4. The van der Waals surface area contributed by atoms with Gasteiger partial charge in [-0.15, -0.1) is 5.10 Å². The zero-order chi connectivity index (χ0) is 13.2. The van der Waals surface area contributed by atoms with Gasteiger partial charge in [0.05, 0.1) is 17.6 Å². The van der Waals surface area contributed by atoms with Crippen molar-refractivity contribution in [3.8, 4) is 0 Å². The first-order chi connectivity index (χ1) is 9.29. The third-order valence-corrected chi connectivity index (χ3v) is 3.77. The lowest BCUT2D eigenvalue weighted by atomic mass is 10.3. The highest BCUT2D eigenvalue weighted by Crippen LogP contribution is 2.22. The average Bonchev–Trinajstić information content (AvgIpc) is 2.97. The highest BCUT2D eigenvalue weighted by atomic mass is 32.1. The number of benzene rings is 1. The topological polar surface area (TPSA) is 55.6 Å². The van der Waals surface area contributed by atoms with Gasteiger partial charge in [0.2, 0.25) is 0 Å². The van der Waals surface area contributed by atoms with Crippen LogP contribution < -0.4 is 5.32 Å². The number of para-hydroxylation sites is 2. The Morgan fingerprint density at radius 2 is 2.16 bits per heavy atom. The molecule has 2 aromatic heterocycles. The molecule has 0 radical (unpaired) electrons. The summed E-state index contributed by atoms with van der Waals surface area (Å²) < 4.78 is 6.20. The van der Waals surface area contributed by atoms with Gasteiger partial charge in [-0.05, 0) is 26.0 Å². The largest absolute Gasteiger partial charge is 0.374 e. The van der Waals surface area contributed by atoms with Crippen LogP contribution in [0.25, 0.3) is 11.0 Å². The molecular formula is C13H15N5S. The number of hydrogen-bond acceptors (Lipinski definition) is 5. The summed E-state index contributed by atoms with van der Waals surface area (Å²) in [5.41, 5.74) is 3.13. The molecule has 98 valence electrons. The molecule has 19 heavy (non-hydrogen) atoms. The second-order valence-corrected chi connectivity index (χ2v) is 5.07. The first-order valence-electron chi connectivity index (χ1n) is 6.26. The van der Waals surface area contributed by atoms with Crippen molar-refractivity contribution < 1.29 is 0 Å². The molecule has 0 aliphatic heterocycles. The van der Waals surface area contributed by atoms with Crippen molar-refractivity contribution in [3.63, 3.8) is 0 Å². The third kappa shape index (κ3) is 2.19. The summed E-state index contributed by atoms with van der Waals surface area (Å²) in [6.45, 7) is 5.67. The van der Waals surface area contributed by atoms with Gasteiger partial charge < -0.3 is 9.88 Å². The Balaban J connectivity index is 2.01. The normalized spacial score (nSPS) is 11.1. The molecule has 0 spiro atoms. The molecule has 0 atom stereocenters. The van der Waals surface area contributed by atoms with E-state index >= 15 is 0 Å². The summed E-state index contributed by atoms with van der Waals surface area (Å²) in [5, 5.41) is 8.55. The van der Waals surface area contributed by atoms with Crippen LogP contribution in [0.2, 0.25) is 0 Å². The highest BCUT2D eigenvalue weighted by molar-refractivity contribution is 7.10. The lowest BCUT2D eigenvalue weighted by Crippen LogP contribution is -2.05. The summed E-state index contributed by atoms with van der Waals surface area (Å²) in [6.07, 6.45) is 0.